The van der Waals surface area contributed by atoms with Crippen LogP contribution < -0.4 is 22.1 Å². The average Bonchev–Trinajstić information content (AvgIpc) is 1.60. The smallest absolute Gasteiger partial charge is 0.227 e. The van der Waals surface area contributed by atoms with Gasteiger partial charge in [-0.1, -0.05) is 165 Å². The number of nitrogens with one attached hydrogen (secondary N) is 6. The molecule has 1 radical (unpaired) electrons. The zero-order valence-electron chi connectivity index (χ0n) is 79.4. The van der Waals surface area contributed by atoms with Gasteiger partial charge in [-0.3, -0.25) is 31.0 Å². The van der Waals surface area contributed by atoms with Gasteiger partial charge in [0.1, 0.15) is 106 Å². The number of nitrogens with zero attached hydrogens (tertiary/aromatic N) is 26. The molecule has 5 aromatic carbocycles. The topological polar surface area (TPSA) is 655 Å². The standard InChI is InChI=1S/C20H16BrN5O2.C20H17N5O2.2C15H9N5.C10H6N2.2C5H5N3.C4H5ClN2.C4H6N2O.C3H4O.C2H3N.CH4.BHNS/c1-20(2,3)28-19(27)25-18-14(10-23)16(12-7-5-4-6-8-12)13(9-22)17-15(21)11-24-26(17)18;1-20(2,3)27-19(26)24-18-15(12-22)17(13-7-5-4-6-8-13)14(11-21)16-9-10-23-25(16)18;2*16-8-11-13-6-7-19-20(13)15(18)12(9-17)14(11)10-4-2-1-3-5-10;1-12-10(8-11)7-9-5-3-2-4-6-9;2*6-3-1-5-2-4-7-8-5;5-3-4-1-2-6-7-4;7-3-4-1-2-5-6-4;1-2-3-4;1-2-3;;1-2-3/h4-8,11H,1-3H3,(H,25,27);4-10H,1-3H3,(H,24,26);2*1-7H,18H2;2-7H;2*2,4H,1H2,(H,7,8);1-2H,3H2,(H,6,7);1-2,7H,3H2,(H,5,6);1,4H,3H2;1H3;1H4;3H/b;;;;10-7+;;;;;;;;. The molecule has 0 aliphatic carbocycles. The van der Waals surface area contributed by atoms with Gasteiger partial charge < -0.3 is 31.2 Å². The first-order chi connectivity index (χ1) is 71.0. The molecule has 12 N–H and O–H groups in total. The Morgan fingerprint density at radius 3 is 1.07 bits per heavy atom. The van der Waals surface area contributed by atoms with E-state index in [0.717, 1.165) is 39.5 Å². The molecule has 735 valence electrons. The Morgan fingerprint density at radius 1 is 0.493 bits per heavy atom. The van der Waals surface area contributed by atoms with Gasteiger partial charge >= 0.3 is 36.9 Å². The van der Waals surface area contributed by atoms with E-state index < -0.39 is 23.4 Å². The number of alkyl halides is 1. The maximum absolute atomic E-state index is 12.4. The summed E-state index contributed by atoms with van der Waals surface area (Å²) < 4.78 is 19.5. The third kappa shape index (κ3) is 33.9. The predicted molar refractivity (Wildman–Crippen MR) is 563 cm³/mol. The summed E-state index contributed by atoms with van der Waals surface area (Å²) in [6.07, 6.45) is 18.2. The van der Waals surface area contributed by atoms with Crippen molar-refractivity contribution in [1.29, 1.82) is 63.1 Å². The maximum Gasteiger partial charge on any atom is 0.262 e. The van der Waals surface area contributed by atoms with E-state index >= 15 is 0 Å². The molecule has 0 spiro atoms. The van der Waals surface area contributed by atoms with Gasteiger partial charge in [0.25, 0.3) is 5.70 Å². The van der Waals surface area contributed by atoms with E-state index in [1.165, 1.54) is 37.4 Å². The number of nitrogen functional groups attached to an aromatic ring is 2. The van der Waals surface area contributed by atoms with Gasteiger partial charge in [0.2, 0.25) is 0 Å². The number of thiol groups is 1. The number of allylic oxidation sites excluding steroid dienone is 1. The number of amides is 2. The van der Waals surface area contributed by atoms with Crippen LogP contribution in [0.3, 0.4) is 0 Å². The molecule has 0 aliphatic heterocycles. The fraction of sp³-hybridized carbons (Fsp3) is 0.144. The van der Waals surface area contributed by atoms with Crippen molar-refractivity contribution in [2.24, 2.45) is 4.30 Å². The molecule has 40 nitrogen and oxygen atoms in total. The number of aliphatic hydroxyl groups excluding tert-OH is 2. The summed E-state index contributed by atoms with van der Waals surface area (Å²) in [4.78, 5) is 27.8. The van der Waals surface area contributed by atoms with E-state index in [1.807, 2.05) is 158 Å². The largest absolute Gasteiger partial charge is 0.262 e. The number of terminal acetylenes is 1. The van der Waals surface area contributed by atoms with Crippen LogP contribution in [0, 0.1) is 155 Å². The minimum atomic E-state index is -0.722. The van der Waals surface area contributed by atoms with E-state index in [2.05, 4.69) is 172 Å². The number of rotatable bonds is 11. The van der Waals surface area contributed by atoms with Crippen LogP contribution in [0.5, 0.6) is 0 Å². The maximum atomic E-state index is 12.4. The summed E-state index contributed by atoms with van der Waals surface area (Å²) in [7, 11) is 4.34. The first-order valence-electron chi connectivity index (χ1n) is 42.6. The molecule has 0 saturated heterocycles. The van der Waals surface area contributed by atoms with Gasteiger partial charge in [0.15, 0.2) is 11.6 Å². The third-order valence-corrected chi connectivity index (χ3v) is 19.3. The third-order valence-electron chi connectivity index (χ3n) is 18.4. The summed E-state index contributed by atoms with van der Waals surface area (Å²) in [5.41, 5.74) is 24.3. The quantitative estimate of drug-likeness (QED) is 0.0143. The molecular formula is C104H90BBrClN34O6S. The Kier molecular flexibility index (Phi) is 49.2. The first-order valence-corrected chi connectivity index (χ1v) is 44.3. The van der Waals surface area contributed by atoms with Crippen molar-refractivity contribution in [3.63, 3.8) is 0 Å². The summed E-state index contributed by atoms with van der Waals surface area (Å²) >= 11 is 12.0. The summed E-state index contributed by atoms with van der Waals surface area (Å²) in [5, 5.41) is 172. The SMILES string of the molecule is C.C#CCO.CC#N.CC(C)(C)OC(=O)Nc1c(C#N)c(-c2ccccc2)c(C#N)c2c(Br)cnn12.CC(C)(C)OC(=O)Nc1c(C#N)c(-c2ccccc2)c(C#N)c2ccnn12.ClCc1ccn[nH]1.N#CCc1ccn[nH]1.N#CCc1ccn[nH]1.N#Cc1c(-c2ccccc2)c(C#N)c2ccnn2c1N.N#Cc1c(-c2ccccc2)c(C#N)c2ccnn2c1N.OCc1ccn[nH]1.[B]=NS.[C-]#[N+]/C(C#N)=C/c1ccccc1. The van der Waals surface area contributed by atoms with E-state index in [-0.39, 0.29) is 77.4 Å². The number of anilines is 4. The number of aromatic amines is 4. The van der Waals surface area contributed by atoms with Crippen molar-refractivity contribution < 1.29 is 29.3 Å². The number of nitrogens with two attached hydrogens (primary N) is 2. The molecule has 12 aromatic heterocycles. The van der Waals surface area contributed by atoms with Gasteiger partial charge in [-0.2, -0.15) is 98.7 Å². The Labute approximate surface area is 870 Å². The monoisotopic (exact) mass is 2070 g/mol. The second-order valence-corrected chi connectivity index (χ2v) is 31.7. The number of carbonyl (C=O) groups is 2. The summed E-state index contributed by atoms with van der Waals surface area (Å²) in [6, 6.07) is 82.9. The number of hydrogen-bond donors (Lipinski definition) is 11. The van der Waals surface area contributed by atoms with Crippen LogP contribution in [0.4, 0.5) is 32.9 Å². The van der Waals surface area contributed by atoms with Gasteiger partial charge in [0, 0.05) is 71.0 Å². The van der Waals surface area contributed by atoms with E-state index in [1.54, 1.807) is 152 Å². The number of aliphatic hydroxyl groups is 2. The second kappa shape index (κ2) is 61.8. The van der Waals surface area contributed by atoms with Crippen molar-refractivity contribution in [2.45, 2.75) is 92.4 Å². The van der Waals surface area contributed by atoms with Crippen molar-refractivity contribution in [3.8, 4) is 130 Å². The number of fused-ring (bicyclic) bond motifs is 4. The number of ether oxygens (including phenoxy) is 2. The van der Waals surface area contributed by atoms with Crippen molar-refractivity contribution in [2.75, 3.05) is 28.7 Å². The number of pyridine rings is 4. The number of H-pyrrole nitrogens is 4. The normalized spacial score (nSPS) is 9.64. The molecule has 0 atom stereocenters. The minimum absolute atomic E-state index is 0. The number of hydrogen-bond acceptors (Lipinski definition) is 30. The van der Waals surface area contributed by atoms with Gasteiger partial charge in [-0.15, -0.1) is 18.0 Å². The van der Waals surface area contributed by atoms with Crippen LogP contribution >= 0.6 is 40.3 Å². The predicted octanol–water partition coefficient (Wildman–Crippen LogP) is 19.0. The second-order valence-electron chi connectivity index (χ2n) is 30.4. The Bertz CT molecular complexity index is 7700. The van der Waals surface area contributed by atoms with Crippen molar-refractivity contribution in [1.82, 2.24) is 79.2 Å². The molecule has 2 amide bonds. The molecular weight excluding hydrogens is 1980 g/mol. The number of benzene rings is 5. The van der Waals surface area contributed by atoms with E-state index in [4.69, 9.17) is 70.4 Å². The Hall–Kier alpha value is -20.6. The number of carbonyl (C=O) groups excluding carboxylic acids is 2. The first kappa shape index (κ1) is 118. The number of nitriles is 12. The molecule has 0 aliphatic rings. The van der Waals surface area contributed by atoms with E-state index in [0.29, 0.717) is 95.3 Å². The van der Waals surface area contributed by atoms with Gasteiger partial charge in [-0.25, -0.2) is 37.8 Å². The van der Waals surface area contributed by atoms with Crippen LogP contribution in [0.15, 0.2) is 258 Å². The Balaban J connectivity index is 0.000000300. The van der Waals surface area contributed by atoms with Crippen molar-refractivity contribution in [3.05, 3.63) is 338 Å². The number of aromatic nitrogens is 16. The van der Waals surface area contributed by atoms with Crippen LogP contribution in [-0.2, 0) is 34.8 Å². The fourth-order valence-corrected chi connectivity index (χ4v) is 13.3. The van der Waals surface area contributed by atoms with Crippen LogP contribution in [0.25, 0.3) is 77.5 Å². The molecule has 17 rings (SSSR count). The summed E-state index contributed by atoms with van der Waals surface area (Å²) in [5.74, 6) is 3.27. The number of halogens is 2. The van der Waals surface area contributed by atoms with Crippen LogP contribution in [-0.4, -0.2) is 127 Å². The van der Waals surface area contributed by atoms with Crippen molar-refractivity contribution >= 4 is 112 Å². The molecule has 0 unspecified atom stereocenters. The zero-order valence-corrected chi connectivity index (χ0v) is 82.6. The molecule has 44 heteroatoms. The molecule has 148 heavy (non-hydrogen) atoms. The fourth-order valence-electron chi connectivity index (χ4n) is 12.6. The molecule has 0 saturated carbocycles. The average molecular weight is 2070 g/mol. The molecule has 12 heterocycles. The molecule has 0 bridgehead atoms. The Morgan fingerprint density at radius 2 is 0.797 bits per heavy atom. The molecule has 0 fully saturated rings. The molecule has 17 aromatic rings. The van der Waals surface area contributed by atoms with Gasteiger partial charge in [0.05, 0.1) is 130 Å². The zero-order chi connectivity index (χ0) is 108. The van der Waals surface area contributed by atoms with Crippen LogP contribution in [0.2, 0.25) is 0 Å². The van der Waals surface area contributed by atoms with E-state index in [9.17, 15) is 51.7 Å². The van der Waals surface area contributed by atoms with Gasteiger partial charge in [-0.05, 0) is 134 Å². The minimum Gasteiger partial charge on any atom is -0.227 e. The van der Waals surface area contributed by atoms with Crippen LogP contribution in [0.1, 0.15) is 129 Å². The summed E-state index contributed by atoms with van der Waals surface area (Å²) in [6.45, 7) is 18.4.